The molecule has 8 heteroatoms. The minimum absolute atomic E-state index is 0.0447. The van der Waals surface area contributed by atoms with Crippen molar-refractivity contribution in [2.24, 2.45) is 5.92 Å². The predicted molar refractivity (Wildman–Crippen MR) is 117 cm³/mol. The number of hydrogen-bond acceptors (Lipinski definition) is 5. The van der Waals surface area contributed by atoms with E-state index in [-0.39, 0.29) is 10.8 Å². The summed E-state index contributed by atoms with van der Waals surface area (Å²) < 4.78 is 37.8. The molecule has 0 bridgehead atoms. The van der Waals surface area contributed by atoms with E-state index in [4.69, 9.17) is 9.47 Å². The molecule has 1 heterocycles. The number of rotatable bonds is 12. The molecule has 170 valence electrons. The number of ether oxygens (including phenoxy) is 2. The van der Waals surface area contributed by atoms with Gasteiger partial charge in [-0.05, 0) is 55.9 Å². The molecule has 1 amide bonds. The Bertz CT molecular complexity index is 737. The zero-order valence-electron chi connectivity index (χ0n) is 18.5. The van der Waals surface area contributed by atoms with Crippen molar-refractivity contribution in [1.82, 2.24) is 9.21 Å². The van der Waals surface area contributed by atoms with Gasteiger partial charge in [0, 0.05) is 45.5 Å². The van der Waals surface area contributed by atoms with Gasteiger partial charge in [0.25, 0.3) is 5.91 Å². The lowest BCUT2D eigenvalue weighted by molar-refractivity contribution is 0.0327. The Morgan fingerprint density at radius 2 is 1.67 bits per heavy atom. The Morgan fingerprint density at radius 1 is 1.07 bits per heavy atom. The minimum atomic E-state index is -3.53. The average Bonchev–Trinajstić information content (AvgIpc) is 2.76. The van der Waals surface area contributed by atoms with Gasteiger partial charge in [-0.15, -0.1) is 0 Å². The smallest absolute Gasteiger partial charge is 0.253 e. The summed E-state index contributed by atoms with van der Waals surface area (Å²) in [6.07, 6.45) is 3.36. The fraction of sp³-hybridized carbons (Fsp3) is 0.682. The zero-order chi connectivity index (χ0) is 22.0. The molecule has 1 aromatic carbocycles. The van der Waals surface area contributed by atoms with Crippen LogP contribution in [0.4, 0.5) is 0 Å². The lowest BCUT2D eigenvalue weighted by Gasteiger charge is -2.32. The van der Waals surface area contributed by atoms with Gasteiger partial charge in [-0.1, -0.05) is 13.8 Å². The minimum Gasteiger partial charge on any atom is -0.382 e. The molecule has 1 saturated heterocycles. The highest BCUT2D eigenvalue weighted by atomic mass is 32.2. The number of carbonyl (C=O) groups is 1. The second kappa shape index (κ2) is 12.4. The molecule has 30 heavy (non-hydrogen) atoms. The number of benzene rings is 1. The first kappa shape index (κ1) is 24.8. The lowest BCUT2D eigenvalue weighted by atomic mass is 9.97. The first-order valence-corrected chi connectivity index (χ1v) is 12.3. The number of sulfonamides is 1. The Kier molecular flexibility index (Phi) is 10.2. The van der Waals surface area contributed by atoms with Crippen molar-refractivity contribution in [3.05, 3.63) is 29.8 Å². The van der Waals surface area contributed by atoms with Crippen molar-refractivity contribution in [2.45, 2.75) is 44.4 Å². The molecule has 0 saturated carbocycles. The van der Waals surface area contributed by atoms with Crippen LogP contribution >= 0.6 is 0 Å². The highest BCUT2D eigenvalue weighted by Gasteiger charge is 2.26. The van der Waals surface area contributed by atoms with E-state index in [2.05, 4.69) is 0 Å². The first-order chi connectivity index (χ1) is 14.4. The summed E-state index contributed by atoms with van der Waals surface area (Å²) in [5.41, 5.74) is 0.529. The Labute approximate surface area is 181 Å². The van der Waals surface area contributed by atoms with Crippen LogP contribution in [0.1, 0.15) is 49.9 Å². The van der Waals surface area contributed by atoms with Crippen LogP contribution in [0.15, 0.2) is 29.2 Å². The largest absolute Gasteiger partial charge is 0.382 e. The molecule has 0 aliphatic carbocycles. The Balaban J connectivity index is 1.94. The van der Waals surface area contributed by atoms with Crippen LogP contribution in [0, 0.1) is 5.92 Å². The van der Waals surface area contributed by atoms with E-state index in [9.17, 15) is 13.2 Å². The predicted octanol–water partition coefficient (Wildman–Crippen LogP) is 3.01. The molecule has 2 rings (SSSR count). The third-order valence-electron chi connectivity index (χ3n) is 5.37. The summed E-state index contributed by atoms with van der Waals surface area (Å²) in [5.74, 6) is 0.415. The number of hydrogen-bond donors (Lipinski definition) is 0. The van der Waals surface area contributed by atoms with Gasteiger partial charge in [0.1, 0.15) is 0 Å². The van der Waals surface area contributed by atoms with Crippen molar-refractivity contribution >= 4 is 15.9 Å². The van der Waals surface area contributed by atoms with E-state index in [1.54, 1.807) is 31.4 Å². The van der Waals surface area contributed by atoms with Crippen LogP contribution in [0.2, 0.25) is 0 Å². The number of amides is 1. The Hall–Kier alpha value is -1.48. The average molecular weight is 441 g/mol. The van der Waals surface area contributed by atoms with Crippen molar-refractivity contribution in [3.63, 3.8) is 0 Å². The standard InChI is InChI=1S/C22H36N2O5S/c1-4-12-24(13-5-2)30(26,27)21-8-6-20(7-9-21)22(25)23-14-10-19(11-15-23)18-29-17-16-28-3/h6-9,19H,4-5,10-18H2,1-3H3. The zero-order valence-corrected chi connectivity index (χ0v) is 19.3. The molecule has 1 fully saturated rings. The van der Waals surface area contributed by atoms with Crippen LogP contribution in [0.25, 0.3) is 0 Å². The van der Waals surface area contributed by atoms with Crippen LogP contribution in [0.5, 0.6) is 0 Å². The lowest BCUT2D eigenvalue weighted by Crippen LogP contribution is -2.39. The van der Waals surface area contributed by atoms with E-state index in [1.165, 1.54) is 4.31 Å². The molecule has 0 unspecified atom stereocenters. The molecule has 0 atom stereocenters. The second-order valence-corrected chi connectivity index (χ2v) is 9.67. The van der Waals surface area contributed by atoms with E-state index >= 15 is 0 Å². The summed E-state index contributed by atoms with van der Waals surface area (Å²) >= 11 is 0. The highest BCUT2D eigenvalue weighted by Crippen LogP contribution is 2.21. The maximum atomic E-state index is 12.9. The molecular weight excluding hydrogens is 404 g/mol. The Morgan fingerprint density at radius 3 is 2.20 bits per heavy atom. The van der Waals surface area contributed by atoms with Crippen molar-refractivity contribution < 1.29 is 22.7 Å². The maximum absolute atomic E-state index is 12.9. The third kappa shape index (κ3) is 6.77. The van der Waals surface area contributed by atoms with Crippen LogP contribution in [0.3, 0.4) is 0 Å². The molecule has 1 aromatic rings. The fourth-order valence-corrected chi connectivity index (χ4v) is 5.27. The topological polar surface area (TPSA) is 76.2 Å². The van der Waals surface area contributed by atoms with Gasteiger partial charge in [0.05, 0.1) is 18.1 Å². The van der Waals surface area contributed by atoms with Gasteiger partial charge in [0.2, 0.25) is 10.0 Å². The summed E-state index contributed by atoms with van der Waals surface area (Å²) in [6.45, 7) is 8.21. The van der Waals surface area contributed by atoms with E-state index < -0.39 is 10.0 Å². The van der Waals surface area contributed by atoms with E-state index in [0.717, 1.165) is 25.7 Å². The maximum Gasteiger partial charge on any atom is 0.253 e. The monoisotopic (exact) mass is 440 g/mol. The number of nitrogens with zero attached hydrogens (tertiary/aromatic N) is 2. The van der Waals surface area contributed by atoms with Gasteiger partial charge in [0.15, 0.2) is 0 Å². The van der Waals surface area contributed by atoms with Crippen molar-refractivity contribution in [1.29, 1.82) is 0 Å². The number of carbonyl (C=O) groups excluding carboxylic acids is 1. The first-order valence-electron chi connectivity index (χ1n) is 10.9. The van der Waals surface area contributed by atoms with Gasteiger partial charge in [-0.25, -0.2) is 8.42 Å². The number of piperidine rings is 1. The summed E-state index contributed by atoms with van der Waals surface area (Å²) in [5, 5.41) is 0. The van der Waals surface area contributed by atoms with Gasteiger partial charge in [-0.2, -0.15) is 4.31 Å². The van der Waals surface area contributed by atoms with Gasteiger partial charge >= 0.3 is 0 Å². The number of methoxy groups -OCH3 is 1. The molecule has 1 aliphatic rings. The highest BCUT2D eigenvalue weighted by molar-refractivity contribution is 7.89. The molecule has 7 nitrogen and oxygen atoms in total. The number of likely N-dealkylation sites (tertiary alicyclic amines) is 1. The summed E-state index contributed by atoms with van der Waals surface area (Å²) in [4.78, 5) is 14.9. The summed E-state index contributed by atoms with van der Waals surface area (Å²) in [7, 11) is -1.87. The van der Waals surface area contributed by atoms with Gasteiger partial charge in [-0.3, -0.25) is 4.79 Å². The van der Waals surface area contributed by atoms with E-state index in [1.807, 2.05) is 18.7 Å². The van der Waals surface area contributed by atoms with Gasteiger partial charge < -0.3 is 14.4 Å². The third-order valence-corrected chi connectivity index (χ3v) is 7.29. The quantitative estimate of drug-likeness (QED) is 0.467. The molecule has 1 aliphatic heterocycles. The SMILES string of the molecule is CCCN(CCC)S(=O)(=O)c1ccc(C(=O)N2CCC(COCCOC)CC2)cc1. The van der Waals surface area contributed by atoms with Crippen molar-refractivity contribution in [2.75, 3.05) is 53.1 Å². The molecule has 0 radical (unpaired) electrons. The fourth-order valence-electron chi connectivity index (χ4n) is 3.65. The molecule has 0 N–H and O–H groups in total. The molecular formula is C22H36N2O5S. The molecule has 0 spiro atoms. The molecule has 0 aromatic heterocycles. The van der Waals surface area contributed by atoms with E-state index in [0.29, 0.717) is 57.5 Å². The summed E-state index contributed by atoms with van der Waals surface area (Å²) in [6, 6.07) is 6.37. The van der Waals surface area contributed by atoms with Crippen LogP contribution in [-0.4, -0.2) is 76.6 Å². The second-order valence-electron chi connectivity index (χ2n) is 7.73. The van der Waals surface area contributed by atoms with Crippen LogP contribution in [-0.2, 0) is 19.5 Å². The van der Waals surface area contributed by atoms with Crippen LogP contribution < -0.4 is 0 Å². The van der Waals surface area contributed by atoms with Crippen molar-refractivity contribution in [3.8, 4) is 0 Å². The normalized spacial score (nSPS) is 15.7.